The third-order valence-corrected chi connectivity index (χ3v) is 31.2. The minimum atomic E-state index is 0.699. The monoisotopic (exact) mass is 522 g/mol. The van der Waals surface area contributed by atoms with Crippen LogP contribution >= 0.6 is 0 Å². The number of fused-ring (bicyclic) bond motifs is 10. The third kappa shape index (κ3) is 0.413. The Hall–Kier alpha value is 0. The van der Waals surface area contributed by atoms with Gasteiger partial charge >= 0.3 is 0 Å². The zero-order valence-electron chi connectivity index (χ0n) is 25.9. The molecule has 20 rings (SSSR count). The quantitative estimate of drug-likeness (QED) is 0.336. The average molecular weight is 523 g/mol. The zero-order valence-corrected chi connectivity index (χ0v) is 25.9. The SMILES string of the molecule is CC1C2C3C4C5C(C)C6(C)C7(C)C8(C)C(C)C9C%10C%11C%12C(C)C%13(C)C%14(C)C1(C)C21C32C43C56C74C98C%105C%116C%12%13C%141C26C354. The summed E-state index contributed by atoms with van der Waals surface area (Å²) in [6, 6.07) is 0. The van der Waals surface area contributed by atoms with E-state index in [-0.39, 0.29) is 0 Å². The first-order valence-electron chi connectivity index (χ1n) is 18.9. The van der Waals surface area contributed by atoms with Crippen LogP contribution in [0.4, 0.5) is 0 Å². The Morgan fingerprint density at radius 2 is 0.500 bits per heavy atom. The fourth-order valence-electron chi connectivity index (χ4n) is 36.4. The summed E-state index contributed by atoms with van der Waals surface area (Å²) in [5.74, 6) is 13.9. The molecule has 0 bridgehead atoms. The second-order valence-corrected chi connectivity index (χ2v) is 23.9. The predicted octanol–water partition coefficient (Wildman–Crippen LogP) is 6.61. The lowest BCUT2D eigenvalue weighted by molar-refractivity contribution is -1.13. The molecule has 0 heteroatoms. The Labute approximate surface area is 237 Å². The molecule has 24 unspecified atom stereocenters. The summed E-state index contributed by atoms with van der Waals surface area (Å²) >= 11 is 0. The van der Waals surface area contributed by atoms with E-state index in [4.69, 9.17) is 0 Å². The first kappa shape index (κ1) is 17.5. The van der Waals surface area contributed by atoms with Gasteiger partial charge < -0.3 is 0 Å². The fourth-order valence-corrected chi connectivity index (χ4v) is 36.4. The van der Waals surface area contributed by atoms with Gasteiger partial charge in [-0.25, -0.2) is 0 Å². The molecule has 0 N–H and O–H groups in total. The largest absolute Gasteiger partial charge is 0.0616 e. The summed E-state index contributed by atoms with van der Waals surface area (Å²) in [4.78, 5) is 0. The van der Waals surface area contributed by atoms with Crippen LogP contribution in [-0.2, 0) is 0 Å². The van der Waals surface area contributed by atoms with Crippen LogP contribution in [-0.4, -0.2) is 0 Å². The van der Waals surface area contributed by atoms with Gasteiger partial charge in [-0.05, 0) is 168 Å². The van der Waals surface area contributed by atoms with Crippen LogP contribution in [0.5, 0.6) is 0 Å². The van der Waals surface area contributed by atoms with Crippen molar-refractivity contribution in [2.45, 2.75) is 69.2 Å². The van der Waals surface area contributed by atoms with Crippen LogP contribution in [0.3, 0.4) is 0 Å². The number of hydrogen-bond acceptors (Lipinski definition) is 0. The maximum Gasteiger partial charge on any atom is -0.000752 e. The second-order valence-electron chi connectivity index (χ2n) is 23.9. The normalized spacial score (nSPS) is 120. The average Bonchev–Trinajstić information content (AvgIpc) is 2.87. The van der Waals surface area contributed by atoms with Gasteiger partial charge in [0.1, 0.15) is 0 Å². The molecule has 0 aromatic rings. The van der Waals surface area contributed by atoms with Crippen molar-refractivity contribution in [3.63, 3.8) is 0 Å². The molecule has 202 valence electrons. The molecule has 40 heavy (non-hydrogen) atoms. The highest BCUT2D eigenvalue weighted by atomic mass is 15.6. The van der Waals surface area contributed by atoms with Crippen molar-refractivity contribution in [1.29, 1.82) is 0 Å². The maximum absolute atomic E-state index is 3.04. The summed E-state index contributed by atoms with van der Waals surface area (Å²) in [5, 5.41) is 0. The molecule has 20 saturated carbocycles. The Kier molecular flexibility index (Phi) is 1.19. The van der Waals surface area contributed by atoms with E-state index in [0.29, 0.717) is 32.5 Å². The van der Waals surface area contributed by atoms with Crippen molar-refractivity contribution in [3.05, 3.63) is 0 Å². The second kappa shape index (κ2) is 2.72. The Morgan fingerprint density at radius 3 is 0.725 bits per heavy atom. The van der Waals surface area contributed by atoms with E-state index < -0.39 is 0 Å². The molecule has 0 aromatic carbocycles. The van der Waals surface area contributed by atoms with E-state index in [1.165, 1.54) is 47.3 Å². The van der Waals surface area contributed by atoms with Crippen LogP contribution in [0.2, 0.25) is 0 Å². The van der Waals surface area contributed by atoms with Gasteiger partial charge in [-0.15, -0.1) is 0 Å². The molecule has 0 nitrogen and oxygen atoms in total. The van der Waals surface area contributed by atoms with Gasteiger partial charge in [0.2, 0.25) is 0 Å². The van der Waals surface area contributed by atoms with E-state index in [1.54, 1.807) is 0 Å². The first-order valence-corrected chi connectivity index (χ1v) is 18.9. The Morgan fingerprint density at radius 1 is 0.275 bits per heavy atom. The molecule has 12 spiro atoms. The van der Waals surface area contributed by atoms with Gasteiger partial charge in [0, 0.05) is 0 Å². The van der Waals surface area contributed by atoms with Crippen LogP contribution in [0.1, 0.15) is 69.2 Å². The van der Waals surface area contributed by atoms with E-state index in [1.807, 2.05) is 0 Å². The molecule has 0 aromatic heterocycles. The molecular formula is C40H42. The fraction of sp³-hybridized carbons (Fsp3) is 1.00. The molecule has 0 heterocycles. The van der Waals surface area contributed by atoms with Gasteiger partial charge in [-0.2, -0.15) is 0 Å². The maximum atomic E-state index is 3.04. The summed E-state index contributed by atoms with van der Waals surface area (Å²) in [6.07, 6.45) is 0. The lowest BCUT2D eigenvalue weighted by Crippen LogP contribution is -3.56. The molecule has 20 fully saturated rings. The number of hydrogen-bond donors (Lipinski definition) is 0. The lowest BCUT2D eigenvalue weighted by atomic mass is 8.44. The minimum Gasteiger partial charge on any atom is -0.0616 e. The van der Waals surface area contributed by atoms with Crippen molar-refractivity contribution in [1.82, 2.24) is 0 Å². The van der Waals surface area contributed by atoms with Crippen molar-refractivity contribution in [2.75, 3.05) is 0 Å². The minimum absolute atomic E-state index is 0.699. The van der Waals surface area contributed by atoms with Gasteiger partial charge in [-0.1, -0.05) is 69.2 Å². The third-order valence-electron chi connectivity index (χ3n) is 31.2. The molecule has 24 atom stereocenters. The lowest BCUT2D eigenvalue weighted by Gasteiger charge is -3.58. The molecule has 0 aliphatic heterocycles. The summed E-state index contributed by atoms with van der Waals surface area (Å²) < 4.78 is 0. The van der Waals surface area contributed by atoms with Crippen LogP contribution in [0.25, 0.3) is 0 Å². The standard InChI is InChI=1S/C40H42/c1-11-15-19-20-16-13(3)25(7)28(10)26(8)14(4)18-22-21-17-12(2)24(6)27(9)23(11,5)29(15)33(19)34(20)31(16,25)38(28)32(18,26)36(22)35(21)30(17,24)37(27,29)39(33,35)40(34,36)38/h11-22H,1-10H3. The number of rotatable bonds is 0. The summed E-state index contributed by atoms with van der Waals surface area (Å²) in [5.41, 5.74) is 15.1. The van der Waals surface area contributed by atoms with Gasteiger partial charge in [0.05, 0.1) is 0 Å². The predicted molar refractivity (Wildman–Crippen MR) is 142 cm³/mol. The van der Waals surface area contributed by atoms with E-state index >= 15 is 0 Å². The van der Waals surface area contributed by atoms with Crippen molar-refractivity contribution < 1.29 is 0 Å². The van der Waals surface area contributed by atoms with Gasteiger partial charge in [0.15, 0.2) is 0 Å². The summed E-state index contributed by atoms with van der Waals surface area (Å²) in [6.45, 7) is 29.4. The molecule has 20 aliphatic rings. The molecule has 0 amide bonds. The zero-order chi connectivity index (χ0) is 25.9. The molecule has 20 aliphatic carbocycles. The van der Waals surface area contributed by atoms with Crippen LogP contribution in [0, 0.1) is 168 Å². The highest BCUT2D eigenvalue weighted by Gasteiger charge is 3.58. The molecule has 0 radical (unpaired) electrons. The van der Waals surface area contributed by atoms with Crippen molar-refractivity contribution >= 4 is 0 Å². The first-order chi connectivity index (χ1) is 18.9. The van der Waals surface area contributed by atoms with Crippen molar-refractivity contribution in [3.8, 4) is 0 Å². The highest BCUT2D eigenvalue weighted by molar-refractivity contribution is 6.03. The molecule has 0 saturated heterocycles. The van der Waals surface area contributed by atoms with Gasteiger partial charge in [-0.3, -0.25) is 0 Å². The van der Waals surface area contributed by atoms with E-state index in [9.17, 15) is 0 Å². The van der Waals surface area contributed by atoms with Gasteiger partial charge in [0.25, 0.3) is 0 Å². The van der Waals surface area contributed by atoms with Crippen LogP contribution in [0.15, 0.2) is 0 Å². The Balaban J connectivity index is 1.05. The Bertz CT molecular complexity index is 1790. The topological polar surface area (TPSA) is 0 Å². The van der Waals surface area contributed by atoms with Crippen molar-refractivity contribution in [2.24, 2.45) is 168 Å². The van der Waals surface area contributed by atoms with E-state index in [0.717, 1.165) is 88.7 Å². The molecular weight excluding hydrogens is 480 g/mol. The van der Waals surface area contributed by atoms with Crippen LogP contribution < -0.4 is 0 Å². The summed E-state index contributed by atoms with van der Waals surface area (Å²) in [7, 11) is 0. The smallest absolute Gasteiger partial charge is 0.000752 e. The highest BCUT2D eigenvalue weighted by Crippen LogP contribution is 3.60. The van der Waals surface area contributed by atoms with E-state index in [2.05, 4.69) is 69.2 Å².